The predicted octanol–water partition coefficient (Wildman–Crippen LogP) is 0.855. The highest BCUT2D eigenvalue weighted by molar-refractivity contribution is 6.42. The molecule has 0 aromatic heterocycles. The monoisotopic (exact) mass is 262 g/mol. The molecular weight excluding hydrogens is 252 g/mol. The first kappa shape index (κ1) is 15.2. The fourth-order valence-corrected chi connectivity index (χ4v) is 0.829. The lowest BCUT2D eigenvalue weighted by atomic mass is 10.4. The highest BCUT2D eigenvalue weighted by Gasteiger charge is 2.21. The van der Waals surface area contributed by atoms with Gasteiger partial charge in [-0.25, -0.2) is 14.4 Å². The van der Waals surface area contributed by atoms with Crippen molar-refractivity contribution in [3.05, 3.63) is 23.8 Å². The van der Waals surface area contributed by atoms with Crippen LogP contribution in [0.4, 0.5) is 0 Å². The van der Waals surface area contributed by atoms with Crippen LogP contribution < -0.4 is 0 Å². The average molecular weight is 263 g/mol. The Balaban J connectivity index is 4.33. The van der Waals surface area contributed by atoms with Crippen LogP contribution in [0.15, 0.2) is 23.8 Å². The number of carboxylic acid groups (broad SMARTS) is 1. The van der Waals surface area contributed by atoms with Crippen molar-refractivity contribution in [2.24, 2.45) is 0 Å². The number of hydrogen-bond acceptors (Lipinski definition) is 5. The van der Waals surface area contributed by atoms with E-state index in [0.717, 1.165) is 0 Å². The highest BCUT2D eigenvalue weighted by atomic mass is 35.5. The zero-order valence-electron chi connectivity index (χ0n) is 9.01. The Morgan fingerprint density at radius 2 is 2.06 bits per heavy atom. The molecule has 0 amide bonds. The number of carbonyl (C=O) groups is 3. The van der Waals surface area contributed by atoms with Crippen molar-refractivity contribution in [3.63, 3.8) is 0 Å². The molecular formula is C10H11ClO6. The third-order valence-electron chi connectivity index (χ3n) is 1.40. The lowest BCUT2D eigenvalue weighted by Gasteiger charge is -2.11. The molecule has 0 unspecified atom stereocenters. The van der Waals surface area contributed by atoms with Crippen LogP contribution in [0.1, 0.15) is 6.92 Å². The molecule has 0 saturated heterocycles. The zero-order chi connectivity index (χ0) is 13.4. The summed E-state index contributed by atoms with van der Waals surface area (Å²) in [6, 6.07) is 0. The Bertz CT molecular complexity index is 360. The number of rotatable bonds is 6. The van der Waals surface area contributed by atoms with Gasteiger partial charge in [0.1, 0.15) is 11.6 Å². The SMILES string of the molecule is C=CCOC(=O)[C@@H](C)OC(=O)/C(Cl)=C/C(=O)O. The molecule has 0 rings (SSSR count). The molecule has 7 heteroatoms. The molecule has 0 aliphatic rings. The van der Waals surface area contributed by atoms with E-state index in [2.05, 4.69) is 16.1 Å². The average Bonchev–Trinajstić information content (AvgIpc) is 2.24. The van der Waals surface area contributed by atoms with E-state index >= 15 is 0 Å². The van der Waals surface area contributed by atoms with E-state index in [9.17, 15) is 14.4 Å². The van der Waals surface area contributed by atoms with Crippen LogP contribution in [0.2, 0.25) is 0 Å². The third-order valence-corrected chi connectivity index (χ3v) is 1.67. The molecule has 0 spiro atoms. The van der Waals surface area contributed by atoms with Crippen LogP contribution in [-0.2, 0) is 23.9 Å². The van der Waals surface area contributed by atoms with Gasteiger partial charge in [0.2, 0.25) is 0 Å². The van der Waals surface area contributed by atoms with Crippen LogP contribution in [-0.4, -0.2) is 35.7 Å². The van der Waals surface area contributed by atoms with Gasteiger partial charge in [-0.15, -0.1) is 0 Å². The number of aliphatic carboxylic acids is 1. The van der Waals surface area contributed by atoms with Crippen molar-refractivity contribution in [1.82, 2.24) is 0 Å². The Morgan fingerprint density at radius 3 is 2.53 bits per heavy atom. The highest BCUT2D eigenvalue weighted by Crippen LogP contribution is 2.07. The van der Waals surface area contributed by atoms with Gasteiger partial charge in [0, 0.05) is 6.08 Å². The number of esters is 2. The molecule has 0 radical (unpaired) electrons. The second-order valence-corrected chi connectivity index (χ2v) is 3.20. The summed E-state index contributed by atoms with van der Waals surface area (Å²) in [6.45, 7) is 4.59. The summed E-state index contributed by atoms with van der Waals surface area (Å²) < 4.78 is 9.16. The molecule has 0 heterocycles. The van der Waals surface area contributed by atoms with E-state index in [0.29, 0.717) is 6.08 Å². The summed E-state index contributed by atoms with van der Waals surface area (Å²) in [5.41, 5.74) is 0. The Labute approximate surface area is 102 Å². The van der Waals surface area contributed by atoms with Crippen LogP contribution in [0.5, 0.6) is 0 Å². The standard InChI is InChI=1S/C10H11ClO6/c1-3-4-16-9(14)6(2)17-10(15)7(11)5-8(12)13/h3,5-6H,1,4H2,2H3,(H,12,13)/b7-5-/t6-/m1/s1. The van der Waals surface area contributed by atoms with Crippen LogP contribution in [0.3, 0.4) is 0 Å². The number of carboxylic acids is 1. The first-order chi connectivity index (χ1) is 7.88. The van der Waals surface area contributed by atoms with E-state index < -0.39 is 29.0 Å². The minimum absolute atomic E-state index is 0.0145. The molecule has 0 bridgehead atoms. The maximum atomic E-state index is 11.2. The Hall–Kier alpha value is -1.82. The van der Waals surface area contributed by atoms with Crippen molar-refractivity contribution in [2.75, 3.05) is 6.61 Å². The van der Waals surface area contributed by atoms with Gasteiger partial charge >= 0.3 is 17.9 Å². The van der Waals surface area contributed by atoms with Crippen LogP contribution in [0.25, 0.3) is 0 Å². The lowest BCUT2D eigenvalue weighted by molar-refractivity contribution is -0.163. The van der Waals surface area contributed by atoms with Gasteiger partial charge in [0.05, 0.1) is 0 Å². The molecule has 0 aromatic rings. The smallest absolute Gasteiger partial charge is 0.350 e. The quantitative estimate of drug-likeness (QED) is 0.434. The molecule has 1 N–H and O–H groups in total. The predicted molar refractivity (Wildman–Crippen MR) is 58.3 cm³/mol. The van der Waals surface area contributed by atoms with Crippen molar-refractivity contribution in [1.29, 1.82) is 0 Å². The molecule has 0 saturated carbocycles. The first-order valence-corrected chi connectivity index (χ1v) is 4.85. The summed E-state index contributed by atoms with van der Waals surface area (Å²) in [5, 5.41) is 7.68. The summed E-state index contributed by atoms with van der Waals surface area (Å²) in [7, 11) is 0. The molecule has 0 aliphatic heterocycles. The van der Waals surface area contributed by atoms with Crippen molar-refractivity contribution in [3.8, 4) is 0 Å². The molecule has 0 fully saturated rings. The number of hydrogen-bond donors (Lipinski definition) is 1. The molecule has 94 valence electrons. The van der Waals surface area contributed by atoms with Gasteiger partial charge in [-0.2, -0.15) is 0 Å². The fraction of sp³-hybridized carbons (Fsp3) is 0.300. The summed E-state index contributed by atoms with van der Waals surface area (Å²) in [4.78, 5) is 32.5. The van der Waals surface area contributed by atoms with Crippen molar-refractivity contribution >= 4 is 29.5 Å². The molecule has 17 heavy (non-hydrogen) atoms. The van der Waals surface area contributed by atoms with Gasteiger partial charge in [-0.3, -0.25) is 0 Å². The van der Waals surface area contributed by atoms with Gasteiger partial charge < -0.3 is 14.6 Å². The molecule has 1 atom stereocenters. The van der Waals surface area contributed by atoms with Crippen LogP contribution >= 0.6 is 11.6 Å². The maximum Gasteiger partial charge on any atom is 0.350 e. The number of ether oxygens (including phenoxy) is 2. The second-order valence-electron chi connectivity index (χ2n) is 2.80. The lowest BCUT2D eigenvalue weighted by Crippen LogP contribution is -2.26. The first-order valence-electron chi connectivity index (χ1n) is 4.47. The normalized spacial score (nSPS) is 12.5. The van der Waals surface area contributed by atoms with Gasteiger partial charge in [0.25, 0.3) is 0 Å². The third kappa shape index (κ3) is 6.36. The topological polar surface area (TPSA) is 89.9 Å². The van der Waals surface area contributed by atoms with E-state index in [4.69, 9.17) is 16.7 Å². The van der Waals surface area contributed by atoms with E-state index in [1.807, 2.05) is 0 Å². The Morgan fingerprint density at radius 1 is 1.47 bits per heavy atom. The molecule has 6 nitrogen and oxygen atoms in total. The Kier molecular flexibility index (Phi) is 6.65. The van der Waals surface area contributed by atoms with Crippen molar-refractivity contribution < 1.29 is 29.0 Å². The second kappa shape index (κ2) is 7.45. The largest absolute Gasteiger partial charge is 0.478 e. The minimum Gasteiger partial charge on any atom is -0.478 e. The zero-order valence-corrected chi connectivity index (χ0v) is 9.77. The van der Waals surface area contributed by atoms with E-state index in [-0.39, 0.29) is 6.61 Å². The molecule has 0 aromatic carbocycles. The van der Waals surface area contributed by atoms with Crippen LogP contribution in [0, 0.1) is 0 Å². The number of carbonyl (C=O) groups excluding carboxylic acids is 2. The van der Waals surface area contributed by atoms with E-state index in [1.54, 1.807) is 0 Å². The van der Waals surface area contributed by atoms with Gasteiger partial charge in [0.15, 0.2) is 6.10 Å². The maximum absolute atomic E-state index is 11.2. The molecule has 0 aliphatic carbocycles. The minimum atomic E-state index is -1.39. The summed E-state index contributed by atoms with van der Waals surface area (Å²) in [6.07, 6.45) is 0.633. The van der Waals surface area contributed by atoms with Gasteiger partial charge in [-0.05, 0) is 6.92 Å². The van der Waals surface area contributed by atoms with E-state index in [1.165, 1.54) is 13.0 Å². The van der Waals surface area contributed by atoms with Crippen molar-refractivity contribution in [2.45, 2.75) is 13.0 Å². The fourth-order valence-electron chi connectivity index (χ4n) is 0.691. The number of halogens is 1. The van der Waals surface area contributed by atoms with Gasteiger partial charge in [-0.1, -0.05) is 24.3 Å². The summed E-state index contributed by atoms with van der Waals surface area (Å²) >= 11 is 5.32. The summed E-state index contributed by atoms with van der Waals surface area (Å²) in [5.74, 6) is -3.29.